The molecule has 1 fully saturated rings. The van der Waals surface area contributed by atoms with E-state index in [1.165, 1.54) is 34.2 Å². The molecule has 1 aliphatic rings. The number of ether oxygens (including phenoxy) is 1. The van der Waals surface area contributed by atoms with Crippen LogP contribution in [0.25, 0.3) is 11.1 Å². The lowest BCUT2D eigenvalue weighted by Gasteiger charge is -2.29. The Balaban J connectivity index is 1.57. The zero-order valence-electron chi connectivity index (χ0n) is 17.9. The molecule has 0 bridgehead atoms. The van der Waals surface area contributed by atoms with Gasteiger partial charge in [0.1, 0.15) is 12.3 Å². The second-order valence-electron chi connectivity index (χ2n) is 7.92. The highest BCUT2D eigenvalue weighted by Crippen LogP contribution is 2.26. The Morgan fingerprint density at radius 2 is 1.91 bits per heavy atom. The summed E-state index contributed by atoms with van der Waals surface area (Å²) in [6.07, 6.45) is 1.63. The van der Waals surface area contributed by atoms with E-state index in [-0.39, 0.29) is 17.0 Å². The zero-order valence-corrected chi connectivity index (χ0v) is 18.7. The third-order valence-electron chi connectivity index (χ3n) is 5.70. The minimum atomic E-state index is -3.68. The van der Waals surface area contributed by atoms with Gasteiger partial charge in [-0.05, 0) is 43.0 Å². The van der Waals surface area contributed by atoms with E-state index in [1.807, 2.05) is 0 Å². The summed E-state index contributed by atoms with van der Waals surface area (Å²) in [6, 6.07) is 11.2. The number of nitrogens with one attached hydrogen (secondary N) is 1. The van der Waals surface area contributed by atoms with Crippen molar-refractivity contribution in [2.75, 3.05) is 25.5 Å². The zero-order chi connectivity index (χ0) is 22.9. The number of benzene rings is 2. The van der Waals surface area contributed by atoms with Gasteiger partial charge in [-0.1, -0.05) is 19.1 Å². The van der Waals surface area contributed by atoms with Gasteiger partial charge in [0.25, 0.3) is 0 Å². The largest absolute Gasteiger partial charge is 0.495 e. The van der Waals surface area contributed by atoms with Crippen LogP contribution in [0.4, 0.5) is 5.69 Å². The van der Waals surface area contributed by atoms with E-state index in [0.29, 0.717) is 36.0 Å². The van der Waals surface area contributed by atoms with E-state index in [4.69, 9.17) is 9.15 Å². The summed E-state index contributed by atoms with van der Waals surface area (Å²) in [4.78, 5) is 25.0. The lowest BCUT2D eigenvalue weighted by Crippen LogP contribution is -2.37. The van der Waals surface area contributed by atoms with Crippen LogP contribution in [0.5, 0.6) is 5.75 Å². The second-order valence-corrected chi connectivity index (χ2v) is 9.86. The summed E-state index contributed by atoms with van der Waals surface area (Å²) < 4.78 is 39.1. The quantitative estimate of drug-likeness (QED) is 0.607. The van der Waals surface area contributed by atoms with Crippen LogP contribution in [0, 0.1) is 5.92 Å². The molecule has 10 heteroatoms. The first-order chi connectivity index (χ1) is 15.3. The Morgan fingerprint density at radius 3 is 2.62 bits per heavy atom. The number of oxazole rings is 1. The number of piperidine rings is 1. The van der Waals surface area contributed by atoms with Gasteiger partial charge in [0.15, 0.2) is 5.58 Å². The number of nitrogens with zero attached hydrogens (tertiary/aromatic N) is 2. The molecule has 32 heavy (non-hydrogen) atoms. The van der Waals surface area contributed by atoms with Crippen LogP contribution in [0.2, 0.25) is 0 Å². The van der Waals surface area contributed by atoms with Gasteiger partial charge in [0, 0.05) is 19.2 Å². The van der Waals surface area contributed by atoms with Crippen molar-refractivity contribution in [3.63, 3.8) is 0 Å². The average molecular weight is 460 g/mol. The number of anilines is 1. The third kappa shape index (κ3) is 4.28. The van der Waals surface area contributed by atoms with E-state index >= 15 is 0 Å². The molecule has 0 radical (unpaired) electrons. The normalized spacial score (nSPS) is 15.7. The summed E-state index contributed by atoms with van der Waals surface area (Å²) >= 11 is 0. The Labute approximate surface area is 185 Å². The maximum absolute atomic E-state index is 13.0. The summed E-state index contributed by atoms with van der Waals surface area (Å²) in [7, 11) is -2.19. The van der Waals surface area contributed by atoms with Gasteiger partial charge in [0.2, 0.25) is 15.9 Å². The maximum atomic E-state index is 13.0. The Kier molecular flexibility index (Phi) is 6.07. The molecule has 0 aliphatic carbocycles. The van der Waals surface area contributed by atoms with Crippen molar-refractivity contribution in [2.45, 2.75) is 31.2 Å². The van der Waals surface area contributed by atoms with Crippen molar-refractivity contribution in [3.8, 4) is 5.75 Å². The van der Waals surface area contributed by atoms with Gasteiger partial charge in [-0.3, -0.25) is 9.36 Å². The number of para-hydroxylation sites is 2. The van der Waals surface area contributed by atoms with Gasteiger partial charge >= 0.3 is 5.76 Å². The fraction of sp³-hybridized carbons (Fsp3) is 0.364. The van der Waals surface area contributed by atoms with Crippen LogP contribution in [-0.4, -0.2) is 43.4 Å². The van der Waals surface area contributed by atoms with Crippen molar-refractivity contribution >= 4 is 32.7 Å². The minimum Gasteiger partial charge on any atom is -0.495 e. The summed E-state index contributed by atoms with van der Waals surface area (Å²) in [5.41, 5.74) is 0.938. The first kappa shape index (κ1) is 22.1. The first-order valence-electron chi connectivity index (χ1n) is 10.4. The summed E-state index contributed by atoms with van der Waals surface area (Å²) in [5.74, 6) is -0.194. The number of amides is 1. The number of rotatable bonds is 6. The first-order valence-corrected chi connectivity index (χ1v) is 11.8. The van der Waals surface area contributed by atoms with E-state index in [2.05, 4.69) is 12.2 Å². The molecule has 170 valence electrons. The van der Waals surface area contributed by atoms with Crippen molar-refractivity contribution in [2.24, 2.45) is 5.92 Å². The average Bonchev–Trinajstić information content (AvgIpc) is 3.08. The lowest BCUT2D eigenvalue weighted by atomic mass is 10.0. The van der Waals surface area contributed by atoms with Crippen molar-refractivity contribution in [3.05, 3.63) is 53.0 Å². The highest BCUT2D eigenvalue weighted by Gasteiger charge is 2.29. The number of carbonyl (C=O) groups excluding carboxylic acids is 1. The highest BCUT2D eigenvalue weighted by molar-refractivity contribution is 7.89. The monoisotopic (exact) mass is 459 g/mol. The predicted molar refractivity (Wildman–Crippen MR) is 119 cm³/mol. The summed E-state index contributed by atoms with van der Waals surface area (Å²) in [5, 5.41) is 2.71. The third-order valence-corrected chi connectivity index (χ3v) is 7.60. The molecule has 4 rings (SSSR count). The molecular weight excluding hydrogens is 434 g/mol. The molecule has 9 nitrogen and oxygen atoms in total. The molecule has 2 heterocycles. The second kappa shape index (κ2) is 8.79. The van der Waals surface area contributed by atoms with Crippen LogP contribution < -0.4 is 15.8 Å². The fourth-order valence-electron chi connectivity index (χ4n) is 3.81. The minimum absolute atomic E-state index is 0.0685. The molecular formula is C22H25N3O6S. The van der Waals surface area contributed by atoms with E-state index in [1.54, 1.807) is 24.3 Å². The van der Waals surface area contributed by atoms with E-state index in [0.717, 1.165) is 12.8 Å². The van der Waals surface area contributed by atoms with Gasteiger partial charge in [-0.2, -0.15) is 4.31 Å². The maximum Gasteiger partial charge on any atom is 0.420 e. The van der Waals surface area contributed by atoms with Gasteiger partial charge < -0.3 is 14.5 Å². The Bertz CT molecular complexity index is 1300. The van der Waals surface area contributed by atoms with Crippen LogP contribution in [-0.2, 0) is 21.4 Å². The van der Waals surface area contributed by atoms with E-state index < -0.39 is 21.7 Å². The van der Waals surface area contributed by atoms with E-state index in [9.17, 15) is 18.0 Å². The van der Waals surface area contributed by atoms with Crippen LogP contribution in [0.15, 0.2) is 56.6 Å². The summed E-state index contributed by atoms with van der Waals surface area (Å²) in [6.45, 7) is 2.75. The number of aromatic nitrogens is 1. The molecule has 1 N–H and O–H groups in total. The van der Waals surface area contributed by atoms with Gasteiger partial charge in [-0.15, -0.1) is 0 Å². The van der Waals surface area contributed by atoms with Crippen LogP contribution in [0.3, 0.4) is 0 Å². The smallest absolute Gasteiger partial charge is 0.420 e. The molecule has 1 amide bonds. The Hall–Kier alpha value is -3.11. The molecule has 2 aromatic carbocycles. The molecule has 1 saturated heterocycles. The molecule has 1 aromatic heterocycles. The molecule has 0 atom stereocenters. The van der Waals surface area contributed by atoms with Crippen molar-refractivity contribution < 1.29 is 22.4 Å². The number of fused-ring (bicyclic) bond motifs is 1. The number of sulfonamides is 1. The number of hydrogen-bond donors (Lipinski definition) is 1. The Morgan fingerprint density at radius 1 is 1.19 bits per heavy atom. The lowest BCUT2D eigenvalue weighted by molar-refractivity contribution is -0.116. The number of methoxy groups -OCH3 is 1. The van der Waals surface area contributed by atoms with Crippen LogP contribution >= 0.6 is 0 Å². The van der Waals surface area contributed by atoms with Crippen molar-refractivity contribution in [1.29, 1.82) is 0 Å². The molecule has 0 saturated carbocycles. The topological polar surface area (TPSA) is 111 Å². The number of hydrogen-bond acceptors (Lipinski definition) is 6. The molecule has 0 spiro atoms. The van der Waals surface area contributed by atoms with Gasteiger partial charge in [-0.25, -0.2) is 13.2 Å². The predicted octanol–water partition coefficient (Wildman–Crippen LogP) is 2.66. The number of carbonyl (C=O) groups is 1. The molecule has 0 unspecified atom stereocenters. The molecule has 3 aromatic rings. The molecule has 1 aliphatic heterocycles. The van der Waals surface area contributed by atoms with Crippen molar-refractivity contribution in [1.82, 2.24) is 8.87 Å². The standard InChI is InChI=1S/C22H25N3O6S/c1-15-9-11-24(12-10-15)32(28,29)16-7-8-18-20(13-16)31-22(27)25(18)14-21(26)23-17-5-3-4-6-19(17)30-2/h3-8,13,15H,9-12,14H2,1-2H3,(H,23,26). The highest BCUT2D eigenvalue weighted by atomic mass is 32.2. The SMILES string of the molecule is COc1ccccc1NC(=O)Cn1c(=O)oc2cc(S(=O)(=O)N3CCC(C)CC3)ccc21. The van der Waals surface area contributed by atoms with Gasteiger partial charge in [0.05, 0.1) is 23.2 Å². The fourth-order valence-corrected chi connectivity index (χ4v) is 5.30. The van der Waals surface area contributed by atoms with Crippen LogP contribution in [0.1, 0.15) is 19.8 Å².